The van der Waals surface area contributed by atoms with Crippen molar-refractivity contribution in [1.82, 2.24) is 15.1 Å². The number of H-pyrrole nitrogens is 1. The van der Waals surface area contributed by atoms with Crippen molar-refractivity contribution in [3.8, 4) is 17.2 Å². The Morgan fingerprint density at radius 1 is 1.22 bits per heavy atom. The molecular formula is C20H27N3O4. The van der Waals surface area contributed by atoms with Crippen LogP contribution in [-0.4, -0.2) is 59.7 Å². The van der Waals surface area contributed by atoms with Crippen molar-refractivity contribution >= 4 is 0 Å². The Labute approximate surface area is 159 Å². The highest BCUT2D eigenvalue weighted by atomic mass is 16.5. The highest BCUT2D eigenvalue weighted by molar-refractivity contribution is 5.51. The number of aromatic nitrogens is 2. The Hall–Kier alpha value is -2.25. The number of methoxy groups -OCH3 is 1. The number of likely N-dealkylation sites (tertiary alicyclic amines) is 1. The summed E-state index contributed by atoms with van der Waals surface area (Å²) in [6.45, 7) is 5.47. The Morgan fingerprint density at radius 2 is 2.00 bits per heavy atom. The first kappa shape index (κ1) is 18.1. The molecule has 3 heterocycles. The fourth-order valence-corrected chi connectivity index (χ4v) is 3.91. The van der Waals surface area contributed by atoms with E-state index in [2.05, 4.69) is 15.1 Å². The number of aromatic amines is 1. The van der Waals surface area contributed by atoms with Crippen LogP contribution in [0.5, 0.6) is 17.2 Å². The molecule has 0 unspecified atom stereocenters. The minimum atomic E-state index is -0.353. The maximum Gasteiger partial charge on any atom is 0.164 e. The van der Waals surface area contributed by atoms with Crippen LogP contribution in [0.2, 0.25) is 0 Å². The van der Waals surface area contributed by atoms with Gasteiger partial charge in [0, 0.05) is 49.3 Å². The first-order valence-electron chi connectivity index (χ1n) is 9.50. The highest BCUT2D eigenvalue weighted by Crippen LogP contribution is 2.37. The number of nitrogens with zero attached hydrogens (tertiary/aromatic N) is 2. The third-order valence-corrected chi connectivity index (χ3v) is 5.26. The maximum atomic E-state index is 10.5. The zero-order chi connectivity index (χ0) is 18.8. The van der Waals surface area contributed by atoms with Gasteiger partial charge in [-0.05, 0) is 25.5 Å². The van der Waals surface area contributed by atoms with Gasteiger partial charge in [0.25, 0.3) is 0 Å². The van der Waals surface area contributed by atoms with Crippen molar-refractivity contribution < 1.29 is 19.3 Å². The number of rotatable bonds is 5. The summed E-state index contributed by atoms with van der Waals surface area (Å²) in [5.41, 5.74) is 3.10. The molecule has 7 nitrogen and oxygen atoms in total. The summed E-state index contributed by atoms with van der Waals surface area (Å²) < 4.78 is 17.1. The standard InChI is InChI=1S/C20H27N3O4/c1-13-6-16(22-21-13)7-14-10-23(12-17(14)24)11-15-8-19-20(9-18(15)25-2)27-5-3-4-26-19/h6,8-9,14,17,24H,3-5,7,10-12H2,1-2H3,(H,21,22)/t14-,17-/m1/s1. The number of ether oxygens (including phenoxy) is 3. The van der Waals surface area contributed by atoms with Crippen LogP contribution in [0.25, 0.3) is 0 Å². The van der Waals surface area contributed by atoms with E-state index in [1.165, 1.54) is 0 Å². The van der Waals surface area contributed by atoms with Gasteiger partial charge in [-0.15, -0.1) is 0 Å². The smallest absolute Gasteiger partial charge is 0.164 e. The summed E-state index contributed by atoms with van der Waals surface area (Å²) in [6, 6.07) is 5.96. The second-order valence-electron chi connectivity index (χ2n) is 7.43. The van der Waals surface area contributed by atoms with Gasteiger partial charge in [-0.25, -0.2) is 0 Å². The van der Waals surface area contributed by atoms with Crippen LogP contribution in [0.15, 0.2) is 18.2 Å². The number of aliphatic hydroxyl groups excluding tert-OH is 1. The summed E-state index contributed by atoms with van der Waals surface area (Å²) in [5.74, 6) is 2.48. The van der Waals surface area contributed by atoms with E-state index in [4.69, 9.17) is 14.2 Å². The number of fused-ring (bicyclic) bond motifs is 1. The summed E-state index contributed by atoms with van der Waals surface area (Å²) in [4.78, 5) is 2.26. The summed E-state index contributed by atoms with van der Waals surface area (Å²) in [5, 5.41) is 17.8. The van der Waals surface area contributed by atoms with Crippen molar-refractivity contribution in [3.63, 3.8) is 0 Å². The van der Waals surface area contributed by atoms with Crippen molar-refractivity contribution in [3.05, 3.63) is 35.2 Å². The average molecular weight is 373 g/mol. The number of hydrogen-bond donors (Lipinski definition) is 2. The Bertz CT molecular complexity index is 792. The third-order valence-electron chi connectivity index (χ3n) is 5.26. The van der Waals surface area contributed by atoms with Crippen molar-refractivity contribution in [2.24, 2.45) is 5.92 Å². The van der Waals surface area contributed by atoms with E-state index in [-0.39, 0.29) is 12.0 Å². The average Bonchev–Trinajstić information content (AvgIpc) is 3.12. The van der Waals surface area contributed by atoms with E-state index in [9.17, 15) is 5.11 Å². The molecule has 1 saturated heterocycles. The lowest BCUT2D eigenvalue weighted by Crippen LogP contribution is -2.21. The number of aliphatic hydroxyl groups is 1. The van der Waals surface area contributed by atoms with E-state index in [0.29, 0.717) is 26.3 Å². The van der Waals surface area contributed by atoms with E-state index >= 15 is 0 Å². The highest BCUT2D eigenvalue weighted by Gasteiger charge is 2.32. The molecule has 0 spiro atoms. The zero-order valence-corrected chi connectivity index (χ0v) is 15.9. The molecule has 0 amide bonds. The van der Waals surface area contributed by atoms with Gasteiger partial charge in [0.05, 0.1) is 32.1 Å². The lowest BCUT2D eigenvalue weighted by molar-refractivity contribution is 0.140. The SMILES string of the molecule is COc1cc2c(cc1CN1C[C@@H](Cc3cc(C)[nH]n3)[C@H](O)C1)OCCCO2. The lowest BCUT2D eigenvalue weighted by Gasteiger charge is -2.19. The largest absolute Gasteiger partial charge is 0.496 e. The normalized spacial score (nSPS) is 22.6. The Balaban J connectivity index is 1.46. The molecule has 1 aromatic carbocycles. The molecule has 146 valence electrons. The zero-order valence-electron chi connectivity index (χ0n) is 15.9. The minimum absolute atomic E-state index is 0.180. The van der Waals surface area contributed by atoms with Gasteiger partial charge in [0.15, 0.2) is 11.5 Å². The van der Waals surface area contributed by atoms with E-state index < -0.39 is 0 Å². The number of hydrogen-bond acceptors (Lipinski definition) is 6. The van der Waals surface area contributed by atoms with Crippen molar-refractivity contribution in [1.29, 1.82) is 0 Å². The van der Waals surface area contributed by atoms with Crippen LogP contribution in [0.3, 0.4) is 0 Å². The molecule has 2 aromatic rings. The van der Waals surface area contributed by atoms with Crippen molar-refractivity contribution in [2.75, 3.05) is 33.4 Å². The molecule has 4 rings (SSSR count). The lowest BCUT2D eigenvalue weighted by atomic mass is 10.0. The fraction of sp³-hybridized carbons (Fsp3) is 0.550. The molecule has 0 aliphatic carbocycles. The van der Waals surface area contributed by atoms with Gasteiger partial charge < -0.3 is 19.3 Å². The van der Waals surface area contributed by atoms with Gasteiger partial charge in [0.1, 0.15) is 5.75 Å². The van der Waals surface area contributed by atoms with Gasteiger partial charge in [-0.1, -0.05) is 0 Å². The van der Waals surface area contributed by atoms with Crippen LogP contribution in [0, 0.1) is 12.8 Å². The molecule has 0 bridgehead atoms. The molecule has 1 aromatic heterocycles. The molecule has 0 saturated carbocycles. The molecule has 0 radical (unpaired) electrons. The molecule has 2 atom stereocenters. The molecule has 7 heteroatoms. The maximum absolute atomic E-state index is 10.5. The number of benzene rings is 1. The van der Waals surface area contributed by atoms with Crippen LogP contribution in [0.1, 0.15) is 23.4 Å². The fourth-order valence-electron chi connectivity index (χ4n) is 3.91. The number of aryl methyl sites for hydroxylation is 1. The Morgan fingerprint density at radius 3 is 2.70 bits per heavy atom. The molecule has 2 N–H and O–H groups in total. The second-order valence-corrected chi connectivity index (χ2v) is 7.43. The topological polar surface area (TPSA) is 79.8 Å². The summed E-state index contributed by atoms with van der Waals surface area (Å²) in [6.07, 6.45) is 1.30. The quantitative estimate of drug-likeness (QED) is 0.834. The Kier molecular flexibility index (Phi) is 5.22. The first-order chi connectivity index (χ1) is 13.1. The predicted octanol–water partition coefficient (Wildman–Crippen LogP) is 1.92. The van der Waals surface area contributed by atoms with Gasteiger partial charge in [-0.2, -0.15) is 5.10 Å². The monoisotopic (exact) mass is 373 g/mol. The summed E-state index contributed by atoms with van der Waals surface area (Å²) >= 11 is 0. The molecule has 1 fully saturated rings. The van der Waals surface area contributed by atoms with Gasteiger partial charge >= 0.3 is 0 Å². The molecular weight excluding hydrogens is 346 g/mol. The van der Waals surface area contributed by atoms with E-state index in [1.54, 1.807) is 7.11 Å². The van der Waals surface area contributed by atoms with Crippen LogP contribution >= 0.6 is 0 Å². The first-order valence-corrected chi connectivity index (χ1v) is 9.50. The molecule has 27 heavy (non-hydrogen) atoms. The van der Waals surface area contributed by atoms with Crippen LogP contribution in [-0.2, 0) is 13.0 Å². The van der Waals surface area contributed by atoms with Crippen LogP contribution in [0.4, 0.5) is 0 Å². The van der Waals surface area contributed by atoms with Crippen LogP contribution < -0.4 is 14.2 Å². The van der Waals surface area contributed by atoms with E-state index in [1.807, 2.05) is 25.1 Å². The van der Waals surface area contributed by atoms with Crippen molar-refractivity contribution in [2.45, 2.75) is 32.4 Å². The predicted molar refractivity (Wildman–Crippen MR) is 100 cm³/mol. The summed E-state index contributed by atoms with van der Waals surface area (Å²) in [7, 11) is 1.67. The number of nitrogens with one attached hydrogen (secondary N) is 1. The number of β-amino-alcohol motifs (C(OH)–C–C–N with tert-alkyl or cyclic N) is 1. The van der Waals surface area contributed by atoms with Gasteiger partial charge in [0.2, 0.25) is 0 Å². The molecule has 2 aliphatic heterocycles. The minimum Gasteiger partial charge on any atom is -0.496 e. The van der Waals surface area contributed by atoms with Gasteiger partial charge in [-0.3, -0.25) is 10.00 Å². The third kappa shape index (κ3) is 4.04. The van der Waals surface area contributed by atoms with E-state index in [0.717, 1.165) is 53.6 Å². The second kappa shape index (κ2) is 7.78. The molecule has 2 aliphatic rings.